The highest BCUT2D eigenvalue weighted by molar-refractivity contribution is 5.81. The molecule has 0 spiro atoms. The minimum atomic E-state index is -0.402. The molecule has 1 aromatic carbocycles. The van der Waals surface area contributed by atoms with E-state index in [9.17, 15) is 9.59 Å². The molecular formula is C22H27N5O2. The van der Waals surface area contributed by atoms with Crippen molar-refractivity contribution in [3.8, 4) is 11.4 Å². The summed E-state index contributed by atoms with van der Waals surface area (Å²) in [5, 5.41) is 2.85. The van der Waals surface area contributed by atoms with Crippen LogP contribution in [0, 0.1) is 5.92 Å². The fourth-order valence-corrected chi connectivity index (χ4v) is 4.23. The van der Waals surface area contributed by atoms with E-state index in [0.29, 0.717) is 13.1 Å². The molecule has 2 heterocycles. The van der Waals surface area contributed by atoms with E-state index in [-0.39, 0.29) is 18.2 Å². The largest absolute Gasteiger partial charge is 0.370 e. The van der Waals surface area contributed by atoms with E-state index >= 15 is 0 Å². The first-order valence-corrected chi connectivity index (χ1v) is 10.4. The molecule has 0 saturated carbocycles. The van der Waals surface area contributed by atoms with Crippen LogP contribution in [0.25, 0.3) is 11.4 Å². The average molecular weight is 393 g/mol. The van der Waals surface area contributed by atoms with Crippen LogP contribution in [0.2, 0.25) is 0 Å². The zero-order valence-electron chi connectivity index (χ0n) is 16.6. The Morgan fingerprint density at radius 2 is 1.97 bits per heavy atom. The van der Waals surface area contributed by atoms with Gasteiger partial charge in [0, 0.05) is 42.9 Å². The number of anilines is 1. The lowest BCUT2D eigenvalue weighted by Crippen LogP contribution is -2.44. The van der Waals surface area contributed by atoms with Crippen LogP contribution in [0.15, 0.2) is 30.3 Å². The van der Waals surface area contributed by atoms with Gasteiger partial charge in [-0.05, 0) is 32.1 Å². The number of nitrogens with two attached hydrogens (primary N) is 1. The standard InChI is InChI=1S/C22H27N5O2/c23-19(28)11-12-24-22(29)16-8-5-13-27(14-16)21-17-9-4-10-18(17)25-20(26-21)15-6-2-1-3-7-15/h1-3,6-7,16H,4-5,8-14H2,(H2,23,28)(H,24,29)/t16-/m0/s1. The highest BCUT2D eigenvalue weighted by Crippen LogP contribution is 2.33. The van der Waals surface area contributed by atoms with Gasteiger partial charge >= 0.3 is 0 Å². The first kappa shape index (κ1) is 19.4. The highest BCUT2D eigenvalue weighted by Gasteiger charge is 2.30. The molecule has 7 heteroatoms. The van der Waals surface area contributed by atoms with Crippen molar-refractivity contribution in [1.29, 1.82) is 0 Å². The molecule has 1 aliphatic carbocycles. The summed E-state index contributed by atoms with van der Waals surface area (Å²) < 4.78 is 0. The SMILES string of the molecule is NC(=O)CCNC(=O)[C@H]1CCCN(c2nc(-c3ccccc3)nc3c2CCC3)C1. The second-order valence-electron chi connectivity index (χ2n) is 7.81. The van der Waals surface area contributed by atoms with Crippen molar-refractivity contribution in [2.45, 2.75) is 38.5 Å². The third kappa shape index (κ3) is 4.39. The maximum Gasteiger partial charge on any atom is 0.224 e. The maximum atomic E-state index is 12.6. The monoisotopic (exact) mass is 393 g/mol. The Kier molecular flexibility index (Phi) is 5.74. The lowest BCUT2D eigenvalue weighted by atomic mass is 9.96. The van der Waals surface area contributed by atoms with Crippen LogP contribution in [0.4, 0.5) is 5.82 Å². The normalized spacial score (nSPS) is 18.3. The van der Waals surface area contributed by atoms with Gasteiger partial charge in [-0.25, -0.2) is 9.97 Å². The summed E-state index contributed by atoms with van der Waals surface area (Å²) in [6.45, 7) is 1.83. The Balaban J connectivity index is 1.55. The Labute approximate surface area is 170 Å². The lowest BCUT2D eigenvalue weighted by Gasteiger charge is -2.34. The number of hydrogen-bond donors (Lipinski definition) is 2. The van der Waals surface area contributed by atoms with Gasteiger partial charge in [0.15, 0.2) is 5.82 Å². The van der Waals surface area contributed by atoms with Crippen LogP contribution >= 0.6 is 0 Å². The number of carbonyl (C=O) groups is 2. The molecule has 1 fully saturated rings. The zero-order chi connectivity index (χ0) is 20.2. The quantitative estimate of drug-likeness (QED) is 0.780. The number of rotatable bonds is 6. The summed E-state index contributed by atoms with van der Waals surface area (Å²) in [5.41, 5.74) is 8.55. The number of primary amides is 1. The number of piperidine rings is 1. The van der Waals surface area contributed by atoms with Crippen molar-refractivity contribution in [3.63, 3.8) is 0 Å². The molecule has 7 nitrogen and oxygen atoms in total. The molecule has 0 unspecified atom stereocenters. The van der Waals surface area contributed by atoms with Gasteiger partial charge in [-0.3, -0.25) is 9.59 Å². The molecule has 4 rings (SSSR count). The van der Waals surface area contributed by atoms with E-state index in [1.54, 1.807) is 0 Å². The number of benzene rings is 1. The van der Waals surface area contributed by atoms with E-state index in [0.717, 1.165) is 61.5 Å². The first-order valence-electron chi connectivity index (χ1n) is 10.4. The highest BCUT2D eigenvalue weighted by atomic mass is 16.2. The molecule has 29 heavy (non-hydrogen) atoms. The Hall–Kier alpha value is -2.96. The Bertz CT molecular complexity index is 900. The molecule has 1 saturated heterocycles. The van der Waals surface area contributed by atoms with Crippen LogP contribution < -0.4 is 16.0 Å². The van der Waals surface area contributed by atoms with Crippen molar-refractivity contribution in [2.24, 2.45) is 11.7 Å². The van der Waals surface area contributed by atoms with Gasteiger partial charge in [0.25, 0.3) is 0 Å². The van der Waals surface area contributed by atoms with Gasteiger partial charge in [-0.1, -0.05) is 30.3 Å². The molecule has 2 aromatic rings. The predicted molar refractivity (Wildman–Crippen MR) is 111 cm³/mol. The van der Waals surface area contributed by atoms with E-state index in [4.69, 9.17) is 15.7 Å². The number of carbonyl (C=O) groups excluding carboxylic acids is 2. The van der Waals surface area contributed by atoms with E-state index in [1.807, 2.05) is 30.3 Å². The lowest BCUT2D eigenvalue weighted by molar-refractivity contribution is -0.125. The Morgan fingerprint density at radius 1 is 1.14 bits per heavy atom. The predicted octanol–water partition coefficient (Wildman–Crippen LogP) is 1.84. The van der Waals surface area contributed by atoms with Gasteiger partial charge < -0.3 is 16.0 Å². The molecular weight excluding hydrogens is 366 g/mol. The second-order valence-corrected chi connectivity index (χ2v) is 7.81. The fourth-order valence-electron chi connectivity index (χ4n) is 4.23. The molecule has 2 aliphatic rings. The van der Waals surface area contributed by atoms with Gasteiger partial charge in [0.1, 0.15) is 5.82 Å². The number of hydrogen-bond acceptors (Lipinski definition) is 5. The molecule has 152 valence electrons. The number of aromatic nitrogens is 2. The van der Waals surface area contributed by atoms with Crippen LogP contribution in [-0.2, 0) is 22.4 Å². The molecule has 1 atom stereocenters. The summed E-state index contributed by atoms with van der Waals surface area (Å²) in [6, 6.07) is 10.1. The third-order valence-electron chi connectivity index (χ3n) is 5.71. The number of aryl methyl sites for hydroxylation is 1. The number of fused-ring (bicyclic) bond motifs is 1. The van der Waals surface area contributed by atoms with Crippen molar-refractivity contribution in [2.75, 3.05) is 24.5 Å². The van der Waals surface area contributed by atoms with Crippen molar-refractivity contribution in [3.05, 3.63) is 41.6 Å². The molecule has 0 bridgehead atoms. The topological polar surface area (TPSA) is 101 Å². The van der Waals surface area contributed by atoms with Crippen LogP contribution in [0.3, 0.4) is 0 Å². The molecule has 1 aromatic heterocycles. The van der Waals surface area contributed by atoms with Gasteiger partial charge in [0.2, 0.25) is 11.8 Å². The summed E-state index contributed by atoms with van der Waals surface area (Å²) in [6.07, 6.45) is 5.02. The maximum absolute atomic E-state index is 12.6. The third-order valence-corrected chi connectivity index (χ3v) is 5.71. The summed E-state index contributed by atoms with van der Waals surface area (Å²) in [5.74, 6) is 1.23. The molecule has 3 N–H and O–H groups in total. The van der Waals surface area contributed by atoms with E-state index in [2.05, 4.69) is 10.2 Å². The first-order chi connectivity index (χ1) is 14.1. The number of nitrogens with one attached hydrogen (secondary N) is 1. The number of amides is 2. The van der Waals surface area contributed by atoms with Crippen LogP contribution in [-0.4, -0.2) is 41.4 Å². The minimum Gasteiger partial charge on any atom is -0.370 e. The van der Waals surface area contributed by atoms with E-state index in [1.165, 1.54) is 5.56 Å². The minimum absolute atomic E-state index is 0.00932. The molecule has 2 amide bonds. The summed E-state index contributed by atoms with van der Waals surface area (Å²) in [4.78, 5) is 35.5. The fraction of sp³-hybridized carbons (Fsp3) is 0.455. The zero-order valence-corrected chi connectivity index (χ0v) is 16.6. The van der Waals surface area contributed by atoms with Gasteiger partial charge in [-0.2, -0.15) is 0 Å². The van der Waals surface area contributed by atoms with Crippen molar-refractivity contribution >= 4 is 17.6 Å². The van der Waals surface area contributed by atoms with Crippen LogP contribution in [0.5, 0.6) is 0 Å². The molecule has 0 radical (unpaired) electrons. The Morgan fingerprint density at radius 3 is 2.76 bits per heavy atom. The van der Waals surface area contributed by atoms with Gasteiger partial charge in [0.05, 0.1) is 5.92 Å². The smallest absolute Gasteiger partial charge is 0.224 e. The summed E-state index contributed by atoms with van der Waals surface area (Å²) in [7, 11) is 0. The molecule has 1 aliphatic heterocycles. The second kappa shape index (κ2) is 8.59. The van der Waals surface area contributed by atoms with E-state index < -0.39 is 5.91 Å². The summed E-state index contributed by atoms with van der Waals surface area (Å²) >= 11 is 0. The van der Waals surface area contributed by atoms with Crippen molar-refractivity contribution < 1.29 is 9.59 Å². The van der Waals surface area contributed by atoms with Gasteiger partial charge in [-0.15, -0.1) is 0 Å². The average Bonchev–Trinajstić information content (AvgIpc) is 3.22. The van der Waals surface area contributed by atoms with Crippen molar-refractivity contribution in [1.82, 2.24) is 15.3 Å². The van der Waals surface area contributed by atoms with Crippen LogP contribution in [0.1, 0.15) is 36.9 Å². The number of nitrogens with zero attached hydrogens (tertiary/aromatic N) is 3.